The van der Waals surface area contributed by atoms with Gasteiger partial charge >= 0.3 is 5.97 Å². The maximum atomic E-state index is 11.6. The molecule has 0 bridgehead atoms. The van der Waals surface area contributed by atoms with Crippen LogP contribution in [-0.4, -0.2) is 27.7 Å². The van der Waals surface area contributed by atoms with Crippen molar-refractivity contribution in [2.75, 3.05) is 7.11 Å². The van der Waals surface area contributed by atoms with E-state index < -0.39 is 5.97 Å². The van der Waals surface area contributed by atoms with Crippen molar-refractivity contribution in [1.29, 1.82) is 0 Å². The highest BCUT2D eigenvalue weighted by Gasteiger charge is 2.11. The molecular weight excluding hydrogens is 282 g/mol. The van der Waals surface area contributed by atoms with Gasteiger partial charge in [-0.2, -0.15) is 0 Å². The SMILES string of the molecule is COC(=O)c1ccc2nnc(COc3ccc(C)cc3)n2c1. The molecule has 0 spiro atoms. The number of pyridine rings is 1. The van der Waals surface area contributed by atoms with Crippen molar-refractivity contribution in [2.24, 2.45) is 0 Å². The van der Waals surface area contributed by atoms with Gasteiger partial charge in [-0.1, -0.05) is 17.7 Å². The van der Waals surface area contributed by atoms with Crippen LogP contribution < -0.4 is 4.74 Å². The first-order valence-electron chi connectivity index (χ1n) is 6.79. The number of hydrogen-bond donors (Lipinski definition) is 0. The van der Waals surface area contributed by atoms with Gasteiger partial charge in [0.25, 0.3) is 0 Å². The van der Waals surface area contributed by atoms with E-state index in [1.165, 1.54) is 12.7 Å². The molecule has 0 aliphatic rings. The Kier molecular flexibility index (Phi) is 3.74. The minimum atomic E-state index is -0.402. The first-order valence-corrected chi connectivity index (χ1v) is 6.79. The van der Waals surface area contributed by atoms with Crippen molar-refractivity contribution in [3.8, 4) is 5.75 Å². The molecule has 0 saturated heterocycles. The molecule has 0 aliphatic heterocycles. The zero-order valence-electron chi connectivity index (χ0n) is 12.3. The molecular formula is C16H15N3O3. The Morgan fingerprint density at radius 1 is 1.14 bits per heavy atom. The van der Waals surface area contributed by atoms with Gasteiger partial charge in [-0.15, -0.1) is 10.2 Å². The van der Waals surface area contributed by atoms with Crippen molar-refractivity contribution >= 4 is 11.6 Å². The molecule has 112 valence electrons. The molecule has 0 radical (unpaired) electrons. The van der Waals surface area contributed by atoms with Crippen LogP contribution in [0.25, 0.3) is 5.65 Å². The molecule has 6 nitrogen and oxygen atoms in total. The molecule has 0 unspecified atom stereocenters. The van der Waals surface area contributed by atoms with Crippen molar-refractivity contribution in [1.82, 2.24) is 14.6 Å². The fourth-order valence-corrected chi connectivity index (χ4v) is 2.06. The van der Waals surface area contributed by atoms with E-state index in [-0.39, 0.29) is 6.61 Å². The van der Waals surface area contributed by atoms with Crippen LogP contribution in [0.4, 0.5) is 0 Å². The average Bonchev–Trinajstić information content (AvgIpc) is 2.96. The van der Waals surface area contributed by atoms with Gasteiger partial charge in [-0.25, -0.2) is 4.79 Å². The zero-order valence-corrected chi connectivity index (χ0v) is 12.3. The van der Waals surface area contributed by atoms with Gasteiger partial charge in [-0.05, 0) is 31.2 Å². The highest BCUT2D eigenvalue weighted by molar-refractivity contribution is 5.89. The number of methoxy groups -OCH3 is 1. The smallest absolute Gasteiger partial charge is 0.339 e. The second-order valence-electron chi connectivity index (χ2n) is 4.86. The highest BCUT2D eigenvalue weighted by Crippen LogP contribution is 2.14. The minimum absolute atomic E-state index is 0.259. The van der Waals surface area contributed by atoms with Crippen molar-refractivity contribution < 1.29 is 14.3 Å². The number of ether oxygens (including phenoxy) is 2. The lowest BCUT2D eigenvalue weighted by atomic mass is 10.2. The van der Waals surface area contributed by atoms with Crippen LogP contribution in [0, 0.1) is 6.92 Å². The van der Waals surface area contributed by atoms with Gasteiger partial charge in [0, 0.05) is 6.20 Å². The zero-order chi connectivity index (χ0) is 15.5. The average molecular weight is 297 g/mol. The summed E-state index contributed by atoms with van der Waals surface area (Å²) in [4.78, 5) is 11.6. The molecule has 0 N–H and O–H groups in total. The molecule has 2 aromatic heterocycles. The summed E-state index contributed by atoms with van der Waals surface area (Å²) in [6, 6.07) is 11.1. The fourth-order valence-electron chi connectivity index (χ4n) is 2.06. The van der Waals surface area contributed by atoms with E-state index in [0.29, 0.717) is 17.0 Å². The summed E-state index contributed by atoms with van der Waals surface area (Å²) < 4.78 is 12.1. The predicted octanol–water partition coefficient (Wildman–Crippen LogP) is 2.40. The normalized spacial score (nSPS) is 10.6. The van der Waals surface area contributed by atoms with E-state index in [4.69, 9.17) is 9.47 Å². The quantitative estimate of drug-likeness (QED) is 0.692. The lowest BCUT2D eigenvalue weighted by Crippen LogP contribution is -2.05. The first kappa shape index (κ1) is 14.1. The minimum Gasteiger partial charge on any atom is -0.486 e. The molecule has 3 rings (SSSR count). The lowest BCUT2D eigenvalue weighted by Gasteiger charge is -2.06. The second kappa shape index (κ2) is 5.85. The highest BCUT2D eigenvalue weighted by atomic mass is 16.5. The van der Waals surface area contributed by atoms with Gasteiger partial charge in [0.05, 0.1) is 12.7 Å². The summed E-state index contributed by atoms with van der Waals surface area (Å²) >= 11 is 0. The summed E-state index contributed by atoms with van der Waals surface area (Å²) in [6.45, 7) is 2.28. The molecule has 2 heterocycles. The fraction of sp³-hybridized carbons (Fsp3) is 0.188. The van der Waals surface area contributed by atoms with E-state index in [2.05, 4.69) is 10.2 Å². The van der Waals surface area contributed by atoms with Gasteiger partial charge in [0.2, 0.25) is 0 Å². The number of fused-ring (bicyclic) bond motifs is 1. The van der Waals surface area contributed by atoms with Crippen LogP contribution >= 0.6 is 0 Å². The summed E-state index contributed by atoms with van der Waals surface area (Å²) in [6.07, 6.45) is 1.65. The second-order valence-corrected chi connectivity index (χ2v) is 4.86. The van der Waals surface area contributed by atoms with Gasteiger partial charge in [-0.3, -0.25) is 4.40 Å². The van der Waals surface area contributed by atoms with E-state index >= 15 is 0 Å². The van der Waals surface area contributed by atoms with E-state index in [0.717, 1.165) is 5.75 Å². The molecule has 1 aromatic carbocycles. The number of hydrogen-bond acceptors (Lipinski definition) is 5. The van der Waals surface area contributed by atoms with Crippen LogP contribution in [0.15, 0.2) is 42.6 Å². The number of benzene rings is 1. The molecule has 0 fully saturated rings. The Balaban J connectivity index is 1.84. The summed E-state index contributed by atoms with van der Waals surface area (Å²) in [7, 11) is 1.35. The molecule has 0 saturated carbocycles. The summed E-state index contributed by atoms with van der Waals surface area (Å²) in [5.41, 5.74) is 2.25. The summed E-state index contributed by atoms with van der Waals surface area (Å²) in [5, 5.41) is 8.14. The third kappa shape index (κ3) is 2.76. The number of rotatable bonds is 4. The van der Waals surface area contributed by atoms with Gasteiger partial charge in [0.15, 0.2) is 11.5 Å². The number of carbonyl (C=O) groups excluding carboxylic acids is 1. The standard InChI is InChI=1S/C16H15N3O3/c1-11-3-6-13(7-4-11)22-10-15-18-17-14-8-5-12(9-19(14)15)16(20)21-2/h3-9H,10H2,1-2H3. The van der Waals surface area contributed by atoms with Gasteiger partial charge < -0.3 is 9.47 Å². The lowest BCUT2D eigenvalue weighted by molar-refractivity contribution is 0.0600. The Morgan fingerprint density at radius 3 is 2.64 bits per heavy atom. The van der Waals surface area contributed by atoms with Crippen LogP contribution in [-0.2, 0) is 11.3 Å². The molecule has 0 aliphatic carbocycles. The van der Waals surface area contributed by atoms with Crippen molar-refractivity contribution in [2.45, 2.75) is 13.5 Å². The largest absolute Gasteiger partial charge is 0.486 e. The molecule has 0 amide bonds. The third-order valence-corrected chi connectivity index (χ3v) is 3.28. The number of nitrogens with zero attached hydrogens (tertiary/aromatic N) is 3. The van der Waals surface area contributed by atoms with Crippen LogP contribution in [0.3, 0.4) is 0 Å². The Bertz CT molecular complexity index is 809. The van der Waals surface area contributed by atoms with Crippen LogP contribution in [0.5, 0.6) is 5.75 Å². The first-order chi connectivity index (χ1) is 10.7. The summed E-state index contributed by atoms with van der Waals surface area (Å²) in [5.74, 6) is 0.966. The van der Waals surface area contributed by atoms with E-state index in [9.17, 15) is 4.79 Å². The van der Waals surface area contributed by atoms with Crippen molar-refractivity contribution in [3.63, 3.8) is 0 Å². The topological polar surface area (TPSA) is 65.7 Å². The van der Waals surface area contributed by atoms with Crippen LogP contribution in [0.2, 0.25) is 0 Å². The number of carbonyl (C=O) groups is 1. The number of aryl methyl sites for hydroxylation is 1. The molecule has 6 heteroatoms. The Hall–Kier alpha value is -2.89. The maximum Gasteiger partial charge on any atom is 0.339 e. The maximum absolute atomic E-state index is 11.6. The molecule has 22 heavy (non-hydrogen) atoms. The van der Waals surface area contributed by atoms with E-state index in [1.807, 2.05) is 31.2 Å². The Morgan fingerprint density at radius 2 is 1.91 bits per heavy atom. The van der Waals surface area contributed by atoms with Gasteiger partial charge in [0.1, 0.15) is 12.4 Å². The predicted molar refractivity (Wildman–Crippen MR) is 79.8 cm³/mol. The molecule has 3 aromatic rings. The van der Waals surface area contributed by atoms with Crippen LogP contribution in [0.1, 0.15) is 21.7 Å². The number of aromatic nitrogens is 3. The molecule has 0 atom stereocenters. The third-order valence-electron chi connectivity index (χ3n) is 3.28. The number of esters is 1. The Labute approximate surface area is 127 Å². The monoisotopic (exact) mass is 297 g/mol. The van der Waals surface area contributed by atoms with Crippen molar-refractivity contribution in [3.05, 3.63) is 59.5 Å². The van der Waals surface area contributed by atoms with E-state index in [1.54, 1.807) is 22.7 Å².